The molecule has 0 bridgehead atoms. The van der Waals surface area contributed by atoms with Gasteiger partial charge in [0.15, 0.2) is 0 Å². The van der Waals surface area contributed by atoms with Gasteiger partial charge in [-0.3, -0.25) is 0 Å². The Bertz CT molecular complexity index is 108. The third-order valence-electron chi connectivity index (χ3n) is 0.954. The maximum Gasteiger partial charge on any atom is 1.00 e. The number of nitrogens with zero attached hydrogens (tertiary/aromatic N) is 1. The fourth-order valence-corrected chi connectivity index (χ4v) is 0.316. The summed E-state index contributed by atoms with van der Waals surface area (Å²) < 4.78 is 0. The van der Waals surface area contributed by atoms with Gasteiger partial charge >= 0.3 is 18.9 Å². The Hall–Kier alpha value is 0.0374. The van der Waals surface area contributed by atoms with Crippen molar-refractivity contribution in [3.05, 3.63) is 31.7 Å². The van der Waals surface area contributed by atoms with Crippen molar-refractivity contribution in [3.63, 3.8) is 0 Å². The molecule has 0 aliphatic heterocycles. The molecule has 0 radical (unpaired) electrons. The summed E-state index contributed by atoms with van der Waals surface area (Å²) in [6.45, 7) is 13.7. The van der Waals surface area contributed by atoms with Crippen molar-refractivity contribution >= 4 is 0 Å². The van der Waals surface area contributed by atoms with Crippen LogP contribution in [-0.2, 0) is 0 Å². The van der Waals surface area contributed by atoms with Crippen LogP contribution in [0.15, 0.2) is 24.8 Å². The number of allylic oxidation sites excluding steroid dienone is 2. The number of hydrogen-bond donors (Lipinski definition) is 0. The average Bonchev–Trinajstić information content (AvgIpc) is 1.89. The Morgan fingerprint density at radius 3 is 1.83 bits per heavy atom. The van der Waals surface area contributed by atoms with E-state index in [0.29, 0.717) is 0 Å². The maximum atomic E-state index is 3.68. The molecule has 2 heteroatoms. The summed E-state index contributed by atoms with van der Waals surface area (Å²) in [6.07, 6.45) is 2.73. The number of hydrogen-bond acceptors (Lipinski definition) is 1. The summed E-state index contributed by atoms with van der Waals surface area (Å²) in [6, 6.07) is 0. The van der Waals surface area contributed by atoms with Crippen LogP contribution in [0.5, 0.6) is 0 Å². The third-order valence-corrected chi connectivity index (χ3v) is 0.954. The predicted molar refractivity (Wildman–Crippen MR) is 53.5 cm³/mol. The van der Waals surface area contributed by atoms with Crippen LogP contribution in [0, 0.1) is 6.92 Å². The van der Waals surface area contributed by atoms with E-state index in [0.717, 1.165) is 18.5 Å². The van der Waals surface area contributed by atoms with Gasteiger partial charge in [0.1, 0.15) is 0 Å². The first-order valence-electron chi connectivity index (χ1n) is 3.76. The Balaban J connectivity index is -0.000000126. The first kappa shape index (κ1) is 18.0. The molecule has 0 fully saturated rings. The normalized spacial score (nSPS) is 7.75. The van der Waals surface area contributed by atoms with Crippen LogP contribution < -0.4 is 18.9 Å². The maximum absolute atomic E-state index is 3.68. The quantitative estimate of drug-likeness (QED) is 0.307. The molecule has 0 spiro atoms. The Morgan fingerprint density at radius 2 is 1.83 bits per heavy atom. The van der Waals surface area contributed by atoms with Crippen LogP contribution in [0.25, 0.3) is 0 Å². The van der Waals surface area contributed by atoms with Crippen molar-refractivity contribution in [2.24, 2.45) is 0 Å². The molecule has 0 heterocycles. The largest absolute Gasteiger partial charge is 1.00 e. The first-order chi connectivity index (χ1) is 5.04. The van der Waals surface area contributed by atoms with Crippen molar-refractivity contribution in [1.82, 2.24) is 4.90 Å². The SMILES string of the molecule is C=CC(=C)C.[CH2-]CCN(C)C.[Li+]. The van der Waals surface area contributed by atoms with Crippen LogP contribution in [0.3, 0.4) is 0 Å². The van der Waals surface area contributed by atoms with Crippen LogP contribution in [0.1, 0.15) is 13.3 Å². The van der Waals surface area contributed by atoms with E-state index in [1.54, 1.807) is 6.08 Å². The smallest absolute Gasteiger partial charge is 0.342 e. The number of rotatable bonds is 3. The zero-order valence-electron chi connectivity index (χ0n) is 9.06. The summed E-state index contributed by atoms with van der Waals surface area (Å²) in [7, 11) is 4.09. The molecule has 0 amide bonds. The van der Waals surface area contributed by atoms with Crippen molar-refractivity contribution < 1.29 is 18.9 Å². The van der Waals surface area contributed by atoms with E-state index in [1.165, 1.54) is 0 Å². The Morgan fingerprint density at radius 1 is 1.50 bits per heavy atom. The fraction of sp³-hybridized carbons (Fsp3) is 0.500. The van der Waals surface area contributed by atoms with Crippen molar-refractivity contribution in [2.45, 2.75) is 13.3 Å². The second-order valence-electron chi connectivity index (χ2n) is 2.71. The molecule has 0 saturated carbocycles. The van der Waals surface area contributed by atoms with Crippen LogP contribution in [0.4, 0.5) is 0 Å². The second kappa shape index (κ2) is 13.6. The molecular weight excluding hydrogens is 141 g/mol. The molecule has 0 aliphatic carbocycles. The summed E-state index contributed by atoms with van der Waals surface area (Å²) >= 11 is 0. The monoisotopic (exact) mass is 161 g/mol. The zero-order chi connectivity index (χ0) is 9.28. The van der Waals surface area contributed by atoms with Gasteiger partial charge in [-0.25, -0.2) is 0 Å². The molecule has 0 aromatic heterocycles. The van der Waals surface area contributed by atoms with Gasteiger partial charge in [-0.2, -0.15) is 6.42 Å². The molecule has 0 unspecified atom stereocenters. The predicted octanol–water partition coefficient (Wildman–Crippen LogP) is -0.475. The summed E-state index contributed by atoms with van der Waals surface area (Å²) in [5.41, 5.74) is 1.02. The van der Waals surface area contributed by atoms with Crippen LogP contribution in [-0.4, -0.2) is 25.5 Å². The van der Waals surface area contributed by atoms with Crippen LogP contribution >= 0.6 is 0 Å². The Labute approximate surface area is 89.7 Å². The van der Waals surface area contributed by atoms with Gasteiger partial charge < -0.3 is 11.8 Å². The molecule has 0 rings (SSSR count). The first-order valence-corrected chi connectivity index (χ1v) is 3.76. The van der Waals surface area contributed by atoms with E-state index < -0.39 is 0 Å². The molecule has 0 aromatic rings. The molecule has 66 valence electrons. The minimum Gasteiger partial charge on any atom is -0.342 e. The topological polar surface area (TPSA) is 3.24 Å². The summed E-state index contributed by atoms with van der Waals surface area (Å²) in [5, 5.41) is 0. The molecule has 1 nitrogen and oxygen atoms in total. The minimum atomic E-state index is 0. The third kappa shape index (κ3) is 32.3. The molecule has 0 aliphatic rings. The molecule has 12 heavy (non-hydrogen) atoms. The minimum absolute atomic E-state index is 0. The molecule has 0 saturated heterocycles. The van der Waals surface area contributed by atoms with Gasteiger partial charge in [0.25, 0.3) is 0 Å². The van der Waals surface area contributed by atoms with E-state index in [9.17, 15) is 0 Å². The van der Waals surface area contributed by atoms with Crippen molar-refractivity contribution in [2.75, 3.05) is 20.6 Å². The van der Waals surface area contributed by atoms with E-state index in [-0.39, 0.29) is 18.9 Å². The summed E-state index contributed by atoms with van der Waals surface area (Å²) in [4.78, 5) is 2.12. The zero-order valence-corrected chi connectivity index (χ0v) is 9.06. The van der Waals surface area contributed by atoms with Gasteiger partial charge in [-0.15, -0.1) is 0 Å². The molecule has 0 atom stereocenters. The van der Waals surface area contributed by atoms with E-state index in [2.05, 4.69) is 25.0 Å². The van der Waals surface area contributed by atoms with Gasteiger partial charge in [-0.05, 0) is 27.6 Å². The van der Waals surface area contributed by atoms with Crippen LogP contribution in [0.2, 0.25) is 0 Å². The second-order valence-corrected chi connectivity index (χ2v) is 2.71. The van der Waals surface area contributed by atoms with E-state index in [1.807, 2.05) is 21.0 Å². The standard InChI is InChI=1S/C5H12N.C5H8.Li/c1-4-5-6(2)3;1-4-5(2)3;/h1,4-5H2,2-3H3;4H,1-2H2,3H3;/q-1;;+1. The Kier molecular flexibility index (Phi) is 20.4. The van der Waals surface area contributed by atoms with Crippen molar-refractivity contribution in [3.8, 4) is 0 Å². The van der Waals surface area contributed by atoms with Gasteiger partial charge in [0.2, 0.25) is 0 Å². The average molecular weight is 161 g/mol. The van der Waals surface area contributed by atoms with Gasteiger partial charge in [-0.1, -0.05) is 24.8 Å². The summed E-state index contributed by atoms with van der Waals surface area (Å²) in [5.74, 6) is 0. The fourth-order valence-electron chi connectivity index (χ4n) is 0.316. The molecule has 0 aromatic carbocycles. The van der Waals surface area contributed by atoms with E-state index in [4.69, 9.17) is 0 Å². The van der Waals surface area contributed by atoms with E-state index >= 15 is 0 Å². The molecular formula is C10H20LiN. The van der Waals surface area contributed by atoms with Gasteiger partial charge in [0, 0.05) is 0 Å². The van der Waals surface area contributed by atoms with Crippen molar-refractivity contribution in [1.29, 1.82) is 0 Å². The van der Waals surface area contributed by atoms with Gasteiger partial charge in [0.05, 0.1) is 0 Å². The molecule has 0 N–H and O–H groups in total.